The van der Waals surface area contributed by atoms with Crippen LogP contribution in [-0.2, 0) is 0 Å². The first-order valence-electron chi connectivity index (χ1n) is 7.01. The van der Waals surface area contributed by atoms with Crippen molar-refractivity contribution in [1.29, 1.82) is 0 Å². The van der Waals surface area contributed by atoms with E-state index in [-0.39, 0.29) is 0 Å². The van der Waals surface area contributed by atoms with Gasteiger partial charge in [0.15, 0.2) is 0 Å². The van der Waals surface area contributed by atoms with Crippen molar-refractivity contribution in [3.05, 3.63) is 60.9 Å². The number of nitrogens with one attached hydrogen (secondary N) is 1. The first kappa shape index (κ1) is 14.5. The minimum absolute atomic E-state index is 0.542. The van der Waals surface area contributed by atoms with E-state index in [2.05, 4.69) is 20.3 Å². The summed E-state index contributed by atoms with van der Waals surface area (Å²) in [5.74, 6) is 0.542. The zero-order valence-corrected chi connectivity index (χ0v) is 12.7. The number of hydrogen-bond acceptors (Lipinski definition) is 4. The Balaban J connectivity index is 2.06. The van der Waals surface area contributed by atoms with Gasteiger partial charge in [0, 0.05) is 30.5 Å². The van der Waals surface area contributed by atoms with E-state index in [1.807, 2.05) is 48.5 Å². The molecule has 110 valence electrons. The van der Waals surface area contributed by atoms with E-state index in [0.717, 1.165) is 28.5 Å². The summed E-state index contributed by atoms with van der Waals surface area (Å²) in [6, 6.07) is 15.5. The molecule has 0 unspecified atom stereocenters. The van der Waals surface area contributed by atoms with Gasteiger partial charge in [0.25, 0.3) is 0 Å². The number of alkyl halides is 1. The number of pyridine rings is 3. The third-order valence-corrected chi connectivity index (χ3v) is 3.29. The Morgan fingerprint density at radius 2 is 1.41 bits per heavy atom. The fourth-order valence-corrected chi connectivity index (χ4v) is 2.21. The Kier molecular flexibility index (Phi) is 4.61. The van der Waals surface area contributed by atoms with Gasteiger partial charge in [-0.15, -0.1) is 11.6 Å². The molecular weight excluding hydrogens is 296 g/mol. The molecule has 22 heavy (non-hydrogen) atoms. The number of hydrogen-bond donors (Lipinski definition) is 1. The highest BCUT2D eigenvalue weighted by Crippen LogP contribution is 2.24. The minimum Gasteiger partial charge on any atom is -0.384 e. The second kappa shape index (κ2) is 7.00. The minimum atomic E-state index is 0.542. The zero-order chi connectivity index (χ0) is 15.2. The van der Waals surface area contributed by atoms with Crippen molar-refractivity contribution in [3.8, 4) is 22.8 Å². The molecule has 0 saturated carbocycles. The van der Waals surface area contributed by atoms with Gasteiger partial charge in [0.1, 0.15) is 0 Å². The molecule has 0 aliphatic rings. The monoisotopic (exact) mass is 310 g/mol. The summed E-state index contributed by atoms with van der Waals surface area (Å²) in [4.78, 5) is 13.4. The van der Waals surface area contributed by atoms with Crippen LogP contribution in [0.4, 0.5) is 5.69 Å². The average molecular weight is 311 g/mol. The van der Waals surface area contributed by atoms with Crippen LogP contribution in [0.3, 0.4) is 0 Å². The van der Waals surface area contributed by atoms with Crippen molar-refractivity contribution in [3.63, 3.8) is 0 Å². The third kappa shape index (κ3) is 3.40. The van der Waals surface area contributed by atoms with E-state index in [4.69, 9.17) is 11.6 Å². The summed E-state index contributed by atoms with van der Waals surface area (Å²) in [5, 5.41) is 3.29. The van der Waals surface area contributed by atoms with Crippen LogP contribution in [0, 0.1) is 0 Å². The van der Waals surface area contributed by atoms with Crippen LogP contribution in [-0.4, -0.2) is 27.4 Å². The zero-order valence-electron chi connectivity index (χ0n) is 11.9. The van der Waals surface area contributed by atoms with E-state index in [1.165, 1.54) is 0 Å². The van der Waals surface area contributed by atoms with Crippen LogP contribution in [0.2, 0.25) is 0 Å². The molecule has 0 fully saturated rings. The number of rotatable bonds is 5. The fraction of sp³-hybridized carbons (Fsp3) is 0.118. The van der Waals surface area contributed by atoms with Crippen molar-refractivity contribution in [2.24, 2.45) is 0 Å². The Morgan fingerprint density at radius 1 is 0.818 bits per heavy atom. The first-order valence-corrected chi connectivity index (χ1v) is 7.55. The van der Waals surface area contributed by atoms with E-state index >= 15 is 0 Å². The topological polar surface area (TPSA) is 50.7 Å². The predicted molar refractivity (Wildman–Crippen MR) is 89.9 cm³/mol. The normalized spacial score (nSPS) is 10.4. The van der Waals surface area contributed by atoms with Gasteiger partial charge in [-0.1, -0.05) is 12.1 Å². The Labute approximate surface area is 134 Å². The van der Waals surface area contributed by atoms with Crippen molar-refractivity contribution < 1.29 is 0 Å². The van der Waals surface area contributed by atoms with Gasteiger partial charge >= 0.3 is 0 Å². The summed E-state index contributed by atoms with van der Waals surface area (Å²) >= 11 is 5.76. The van der Waals surface area contributed by atoms with Crippen LogP contribution in [0.1, 0.15) is 0 Å². The molecule has 0 aromatic carbocycles. The fourth-order valence-electron chi connectivity index (χ4n) is 2.12. The van der Waals surface area contributed by atoms with Crippen molar-refractivity contribution >= 4 is 17.3 Å². The van der Waals surface area contributed by atoms with Crippen molar-refractivity contribution in [2.45, 2.75) is 0 Å². The van der Waals surface area contributed by atoms with Gasteiger partial charge in [-0.05, 0) is 36.4 Å². The Morgan fingerprint density at radius 3 is 1.86 bits per heavy atom. The summed E-state index contributed by atoms with van der Waals surface area (Å²) in [6.07, 6.45) is 3.52. The molecule has 3 rings (SSSR count). The maximum absolute atomic E-state index is 5.76. The molecule has 0 spiro atoms. The van der Waals surface area contributed by atoms with E-state index in [9.17, 15) is 0 Å². The number of anilines is 1. The molecule has 0 saturated heterocycles. The highest BCUT2D eigenvalue weighted by Gasteiger charge is 2.08. The lowest BCUT2D eigenvalue weighted by Gasteiger charge is -2.10. The van der Waals surface area contributed by atoms with Crippen molar-refractivity contribution in [1.82, 2.24) is 15.0 Å². The smallest absolute Gasteiger partial charge is 0.0914 e. The predicted octanol–water partition coefficient (Wildman–Crippen LogP) is 3.86. The Bertz CT molecular complexity index is 674. The number of nitrogens with zero attached hydrogens (tertiary/aromatic N) is 3. The molecule has 0 atom stereocenters. The molecule has 4 nitrogen and oxygen atoms in total. The maximum atomic E-state index is 5.76. The quantitative estimate of drug-likeness (QED) is 0.727. The van der Waals surface area contributed by atoms with Crippen LogP contribution in [0.5, 0.6) is 0 Å². The third-order valence-electron chi connectivity index (χ3n) is 3.10. The molecule has 3 heterocycles. The highest BCUT2D eigenvalue weighted by atomic mass is 35.5. The average Bonchev–Trinajstić information content (AvgIpc) is 2.61. The second-order valence-corrected chi connectivity index (χ2v) is 5.05. The first-order chi connectivity index (χ1) is 10.9. The van der Waals surface area contributed by atoms with Crippen LogP contribution >= 0.6 is 11.6 Å². The van der Waals surface area contributed by atoms with E-state index in [0.29, 0.717) is 12.4 Å². The summed E-state index contributed by atoms with van der Waals surface area (Å²) in [5.41, 5.74) is 4.22. The van der Waals surface area contributed by atoms with Crippen molar-refractivity contribution in [2.75, 3.05) is 17.7 Å². The molecule has 1 N–H and O–H groups in total. The summed E-state index contributed by atoms with van der Waals surface area (Å²) in [7, 11) is 0. The van der Waals surface area contributed by atoms with Gasteiger partial charge in [-0.2, -0.15) is 0 Å². The van der Waals surface area contributed by atoms with E-state index in [1.54, 1.807) is 12.4 Å². The maximum Gasteiger partial charge on any atom is 0.0914 e. The lowest BCUT2D eigenvalue weighted by Crippen LogP contribution is -2.04. The molecule has 3 aromatic rings. The van der Waals surface area contributed by atoms with Gasteiger partial charge in [-0.25, -0.2) is 4.98 Å². The van der Waals surface area contributed by atoms with Gasteiger partial charge in [0.2, 0.25) is 0 Å². The molecule has 5 heteroatoms. The van der Waals surface area contributed by atoms with Crippen LogP contribution in [0.25, 0.3) is 22.8 Å². The number of halogens is 1. The molecular formula is C17H15ClN4. The SMILES string of the molecule is ClCCNc1cc(-c2ccccn2)nc(-c2ccccn2)c1. The van der Waals surface area contributed by atoms with Gasteiger partial charge in [-0.3, -0.25) is 9.97 Å². The Hall–Kier alpha value is -2.46. The molecule has 0 amide bonds. The van der Waals surface area contributed by atoms with Gasteiger partial charge < -0.3 is 5.32 Å². The summed E-state index contributed by atoms with van der Waals surface area (Å²) < 4.78 is 0. The van der Waals surface area contributed by atoms with Gasteiger partial charge in [0.05, 0.1) is 22.8 Å². The molecule has 0 radical (unpaired) electrons. The molecule has 0 bridgehead atoms. The second-order valence-electron chi connectivity index (χ2n) is 4.67. The van der Waals surface area contributed by atoms with E-state index < -0.39 is 0 Å². The van der Waals surface area contributed by atoms with Crippen LogP contribution < -0.4 is 5.32 Å². The molecule has 0 aliphatic carbocycles. The number of aromatic nitrogens is 3. The molecule has 3 aromatic heterocycles. The van der Waals surface area contributed by atoms with Crippen LogP contribution in [0.15, 0.2) is 60.9 Å². The molecule has 0 aliphatic heterocycles. The summed E-state index contributed by atoms with van der Waals surface area (Å²) in [6.45, 7) is 0.689. The lowest BCUT2D eigenvalue weighted by atomic mass is 10.1. The largest absolute Gasteiger partial charge is 0.384 e. The highest BCUT2D eigenvalue weighted by molar-refractivity contribution is 6.18. The standard InChI is InChI=1S/C17H15ClN4/c18-7-10-19-13-11-16(14-5-1-3-8-20-14)22-17(12-13)15-6-2-4-9-21-15/h1-6,8-9,11-12H,7,10H2,(H,19,22). The lowest BCUT2D eigenvalue weighted by molar-refractivity contribution is 1.19.